The Morgan fingerprint density at radius 2 is 1.67 bits per heavy atom. The molecule has 18 heavy (non-hydrogen) atoms. The molecule has 2 nitrogen and oxygen atoms in total. The minimum Gasteiger partial charge on any atom is -0.202 e. The third-order valence-electron chi connectivity index (χ3n) is 2.19. The second-order valence-electron chi connectivity index (χ2n) is 3.45. The van der Waals surface area contributed by atoms with Gasteiger partial charge in [-0.2, -0.15) is 17.6 Å². The zero-order valence-corrected chi connectivity index (χ0v) is 8.67. The van der Waals surface area contributed by atoms with Crippen molar-refractivity contribution in [3.8, 4) is 11.3 Å². The molecule has 7 heteroatoms. The van der Waals surface area contributed by atoms with Crippen molar-refractivity contribution in [2.45, 2.75) is 6.18 Å². The molecular formula is C11H5F5N2. The summed E-state index contributed by atoms with van der Waals surface area (Å²) in [5.41, 5.74) is -1.05. The molecule has 0 atom stereocenters. The van der Waals surface area contributed by atoms with Crippen LogP contribution in [0.5, 0.6) is 0 Å². The quantitative estimate of drug-likeness (QED) is 0.734. The SMILES string of the molecule is Fc1cc(-c2cccc(C(F)(F)F)c2)nnc1F. The highest BCUT2D eigenvalue weighted by Gasteiger charge is 2.30. The highest BCUT2D eigenvalue weighted by molar-refractivity contribution is 5.59. The number of alkyl halides is 3. The van der Waals surface area contributed by atoms with Crippen molar-refractivity contribution in [2.24, 2.45) is 0 Å². The molecule has 2 aromatic rings. The van der Waals surface area contributed by atoms with E-state index in [2.05, 4.69) is 10.2 Å². The van der Waals surface area contributed by atoms with Gasteiger partial charge in [-0.25, -0.2) is 4.39 Å². The molecule has 0 amide bonds. The second kappa shape index (κ2) is 4.32. The first kappa shape index (κ1) is 12.4. The summed E-state index contributed by atoms with van der Waals surface area (Å²) in [6.45, 7) is 0. The third kappa shape index (κ3) is 2.44. The minimum atomic E-state index is -4.51. The number of nitrogens with zero attached hydrogens (tertiary/aromatic N) is 2. The highest BCUT2D eigenvalue weighted by Crippen LogP contribution is 2.31. The molecule has 0 aliphatic rings. The Morgan fingerprint density at radius 3 is 2.28 bits per heavy atom. The fourth-order valence-corrected chi connectivity index (χ4v) is 1.35. The number of halogens is 5. The topological polar surface area (TPSA) is 25.8 Å². The summed E-state index contributed by atoms with van der Waals surface area (Å²) in [5.74, 6) is -2.66. The van der Waals surface area contributed by atoms with Gasteiger partial charge in [0.25, 0.3) is 5.95 Å². The van der Waals surface area contributed by atoms with Crippen LogP contribution >= 0.6 is 0 Å². The van der Waals surface area contributed by atoms with Crippen LogP contribution in [0.25, 0.3) is 11.3 Å². The molecule has 0 unspecified atom stereocenters. The monoisotopic (exact) mass is 260 g/mol. The van der Waals surface area contributed by atoms with Crippen molar-refractivity contribution >= 4 is 0 Å². The Hall–Kier alpha value is -2.05. The molecule has 0 spiro atoms. The zero-order valence-electron chi connectivity index (χ0n) is 8.67. The lowest BCUT2D eigenvalue weighted by Gasteiger charge is -2.08. The van der Waals surface area contributed by atoms with Crippen LogP contribution in [0.2, 0.25) is 0 Å². The molecule has 0 radical (unpaired) electrons. The van der Waals surface area contributed by atoms with Crippen molar-refractivity contribution in [1.82, 2.24) is 10.2 Å². The molecule has 0 fully saturated rings. The first-order chi connectivity index (χ1) is 8.38. The maximum absolute atomic E-state index is 12.9. The fourth-order valence-electron chi connectivity index (χ4n) is 1.35. The van der Waals surface area contributed by atoms with Crippen molar-refractivity contribution in [3.05, 3.63) is 47.7 Å². The van der Waals surface area contributed by atoms with Gasteiger partial charge in [-0.1, -0.05) is 12.1 Å². The predicted octanol–water partition coefficient (Wildman–Crippen LogP) is 3.44. The minimum absolute atomic E-state index is 0.0104. The van der Waals surface area contributed by atoms with E-state index in [1.165, 1.54) is 6.07 Å². The molecular weight excluding hydrogens is 255 g/mol. The summed E-state index contributed by atoms with van der Waals surface area (Å²) in [6, 6.07) is 4.81. The predicted molar refractivity (Wildman–Crippen MR) is 52.4 cm³/mol. The largest absolute Gasteiger partial charge is 0.416 e. The summed E-state index contributed by atoms with van der Waals surface area (Å²) in [4.78, 5) is 0. The van der Waals surface area contributed by atoms with E-state index in [1.807, 2.05) is 0 Å². The lowest BCUT2D eigenvalue weighted by molar-refractivity contribution is -0.137. The van der Waals surface area contributed by atoms with Gasteiger partial charge in [0.15, 0.2) is 5.82 Å². The Kier molecular flexibility index (Phi) is 2.98. The Labute approximate surface area is 98.1 Å². The van der Waals surface area contributed by atoms with Crippen LogP contribution in [0.15, 0.2) is 30.3 Å². The van der Waals surface area contributed by atoms with Crippen molar-refractivity contribution in [3.63, 3.8) is 0 Å². The summed E-state index contributed by atoms with van der Waals surface area (Å²) in [5, 5.41) is 6.17. The van der Waals surface area contributed by atoms with Gasteiger partial charge < -0.3 is 0 Å². The molecule has 94 valence electrons. The molecule has 0 N–H and O–H groups in total. The lowest BCUT2D eigenvalue weighted by atomic mass is 10.1. The lowest BCUT2D eigenvalue weighted by Crippen LogP contribution is -2.05. The van der Waals surface area contributed by atoms with Crippen molar-refractivity contribution in [2.75, 3.05) is 0 Å². The molecule has 1 aromatic carbocycles. The normalized spacial score (nSPS) is 11.6. The van der Waals surface area contributed by atoms with Gasteiger partial charge in [0.1, 0.15) is 0 Å². The van der Waals surface area contributed by atoms with E-state index < -0.39 is 23.5 Å². The van der Waals surface area contributed by atoms with Crippen LogP contribution in [-0.2, 0) is 6.18 Å². The van der Waals surface area contributed by atoms with E-state index in [1.54, 1.807) is 0 Å². The van der Waals surface area contributed by atoms with E-state index in [0.29, 0.717) is 6.07 Å². The average molecular weight is 260 g/mol. The van der Waals surface area contributed by atoms with Gasteiger partial charge in [-0.3, -0.25) is 0 Å². The molecule has 0 saturated heterocycles. The van der Waals surface area contributed by atoms with E-state index in [4.69, 9.17) is 0 Å². The molecule has 2 rings (SSSR count). The van der Waals surface area contributed by atoms with Crippen LogP contribution in [0.3, 0.4) is 0 Å². The van der Waals surface area contributed by atoms with E-state index in [-0.39, 0.29) is 11.3 Å². The number of hydrogen-bond donors (Lipinski definition) is 0. The number of benzene rings is 1. The summed E-state index contributed by atoms with van der Waals surface area (Å²) in [6.07, 6.45) is -4.51. The number of rotatable bonds is 1. The van der Waals surface area contributed by atoms with Crippen LogP contribution in [-0.4, -0.2) is 10.2 Å². The van der Waals surface area contributed by atoms with Crippen LogP contribution in [0.4, 0.5) is 22.0 Å². The summed E-state index contributed by atoms with van der Waals surface area (Å²) < 4.78 is 62.8. The van der Waals surface area contributed by atoms with Gasteiger partial charge in [0.2, 0.25) is 0 Å². The maximum Gasteiger partial charge on any atom is 0.416 e. The molecule has 0 aliphatic carbocycles. The molecule has 0 saturated carbocycles. The van der Waals surface area contributed by atoms with Crippen LogP contribution in [0.1, 0.15) is 5.56 Å². The average Bonchev–Trinajstić information content (AvgIpc) is 2.32. The first-order valence-corrected chi connectivity index (χ1v) is 4.74. The van der Waals surface area contributed by atoms with Gasteiger partial charge in [0.05, 0.1) is 11.3 Å². The number of aromatic nitrogens is 2. The highest BCUT2D eigenvalue weighted by atomic mass is 19.4. The van der Waals surface area contributed by atoms with Crippen molar-refractivity contribution < 1.29 is 22.0 Å². The molecule has 0 bridgehead atoms. The molecule has 1 aromatic heterocycles. The standard InChI is InChI=1S/C11H5F5N2/c12-8-5-9(17-18-10(8)13)6-2-1-3-7(4-6)11(14,15)16/h1-5H. The second-order valence-corrected chi connectivity index (χ2v) is 3.45. The summed E-state index contributed by atoms with van der Waals surface area (Å²) in [7, 11) is 0. The third-order valence-corrected chi connectivity index (χ3v) is 2.19. The number of hydrogen-bond acceptors (Lipinski definition) is 2. The van der Waals surface area contributed by atoms with E-state index >= 15 is 0 Å². The Balaban J connectivity index is 2.48. The van der Waals surface area contributed by atoms with Crippen molar-refractivity contribution in [1.29, 1.82) is 0 Å². The smallest absolute Gasteiger partial charge is 0.202 e. The zero-order chi connectivity index (χ0) is 13.3. The van der Waals surface area contributed by atoms with Crippen LogP contribution in [0, 0.1) is 11.8 Å². The maximum atomic E-state index is 12.9. The van der Waals surface area contributed by atoms with E-state index in [9.17, 15) is 22.0 Å². The molecule has 1 heterocycles. The fraction of sp³-hybridized carbons (Fsp3) is 0.0909. The van der Waals surface area contributed by atoms with Gasteiger partial charge in [-0.05, 0) is 12.1 Å². The molecule has 0 aliphatic heterocycles. The summed E-state index contributed by atoms with van der Waals surface area (Å²) >= 11 is 0. The Bertz CT molecular complexity index is 580. The van der Waals surface area contributed by atoms with Crippen LogP contribution < -0.4 is 0 Å². The van der Waals surface area contributed by atoms with E-state index in [0.717, 1.165) is 18.2 Å². The Morgan fingerprint density at radius 1 is 0.944 bits per heavy atom. The van der Waals surface area contributed by atoms with Gasteiger partial charge in [0, 0.05) is 11.6 Å². The first-order valence-electron chi connectivity index (χ1n) is 4.74. The van der Waals surface area contributed by atoms with Gasteiger partial charge in [-0.15, -0.1) is 10.2 Å². The van der Waals surface area contributed by atoms with Gasteiger partial charge >= 0.3 is 6.18 Å².